The van der Waals surface area contributed by atoms with Crippen molar-refractivity contribution in [2.24, 2.45) is 0 Å². The molecule has 216 valence electrons. The van der Waals surface area contributed by atoms with Gasteiger partial charge in [-0.15, -0.1) is 6.58 Å². The molecule has 1 aliphatic heterocycles. The van der Waals surface area contributed by atoms with E-state index in [9.17, 15) is 9.90 Å². The number of pyridine rings is 1. The Kier molecular flexibility index (Phi) is 7.39. The van der Waals surface area contributed by atoms with Crippen molar-refractivity contribution in [3.05, 3.63) is 108 Å². The fraction of sp³-hybridized carbons (Fsp3) is 0.188. The first-order valence-electron chi connectivity index (χ1n) is 13.8. The smallest absolute Gasteiger partial charge is 0.263 e. The molecular weight excluding hydrogens is 544 g/mol. The van der Waals surface area contributed by atoms with Crippen LogP contribution in [0.4, 0.5) is 17.5 Å². The predicted molar refractivity (Wildman–Crippen MR) is 162 cm³/mol. The Hall–Kier alpha value is -5.42. The summed E-state index contributed by atoms with van der Waals surface area (Å²) in [6.45, 7) is 8.09. The van der Waals surface area contributed by atoms with Crippen molar-refractivity contribution in [2.45, 2.75) is 25.4 Å². The van der Waals surface area contributed by atoms with Crippen LogP contribution in [0.15, 0.2) is 96.3 Å². The quantitative estimate of drug-likeness (QED) is 0.187. The number of aromatic nitrogens is 5. The number of fused-ring (bicyclic) bond motifs is 1. The number of nitrogens with one attached hydrogen (secondary N) is 2. The summed E-state index contributed by atoms with van der Waals surface area (Å²) in [5.74, 6) is 1.17. The molecule has 2 aromatic carbocycles. The van der Waals surface area contributed by atoms with Gasteiger partial charge >= 0.3 is 0 Å². The number of hydrogen-bond acceptors (Lipinski definition) is 10. The van der Waals surface area contributed by atoms with E-state index < -0.39 is 11.6 Å². The van der Waals surface area contributed by atoms with Gasteiger partial charge in [-0.05, 0) is 55.3 Å². The Morgan fingerprint density at radius 3 is 2.60 bits per heavy atom. The Morgan fingerprint density at radius 2 is 1.86 bits per heavy atom. The molecule has 0 fully saturated rings. The van der Waals surface area contributed by atoms with Crippen LogP contribution in [-0.4, -0.2) is 54.2 Å². The van der Waals surface area contributed by atoms with Crippen molar-refractivity contribution >= 4 is 23.4 Å². The molecule has 3 N–H and O–H groups in total. The van der Waals surface area contributed by atoms with E-state index in [0.717, 1.165) is 16.8 Å². The minimum absolute atomic E-state index is 0.0286. The molecule has 0 spiro atoms. The van der Waals surface area contributed by atoms with E-state index in [1.54, 1.807) is 29.4 Å². The highest BCUT2D eigenvalue weighted by Crippen LogP contribution is 2.40. The van der Waals surface area contributed by atoms with Crippen molar-refractivity contribution in [1.82, 2.24) is 30.0 Å². The van der Waals surface area contributed by atoms with Crippen molar-refractivity contribution in [3.63, 3.8) is 0 Å². The standard InChI is InChI=1S/C32H30N8O3/c1-4-16-40-30(42)22-14-13-21(17-24(22)32(40,2)3)35-31-34-18-23(29-37-28(39-43-29)25-12-8-9-15-33-25)27(38-31)36-26(19-41)20-10-6-5-7-11-20/h4-15,17-18,26,41H,1,16,19H2,2-3H3,(H2,34,35,36,38)/t26-/m1/s1. The number of amides is 1. The van der Waals surface area contributed by atoms with E-state index in [4.69, 9.17) is 9.51 Å². The van der Waals surface area contributed by atoms with E-state index in [1.165, 1.54) is 0 Å². The third kappa shape index (κ3) is 5.33. The van der Waals surface area contributed by atoms with E-state index in [0.29, 0.717) is 41.0 Å². The summed E-state index contributed by atoms with van der Waals surface area (Å²) in [7, 11) is 0. The van der Waals surface area contributed by atoms with Gasteiger partial charge in [-0.1, -0.05) is 47.6 Å². The fourth-order valence-corrected chi connectivity index (χ4v) is 5.15. The number of rotatable bonds is 10. The zero-order chi connectivity index (χ0) is 30.0. The lowest BCUT2D eigenvalue weighted by Crippen LogP contribution is -2.39. The maximum absolute atomic E-state index is 13.0. The first-order valence-corrected chi connectivity index (χ1v) is 13.8. The Labute approximate surface area is 248 Å². The van der Waals surface area contributed by atoms with Crippen molar-refractivity contribution < 1.29 is 14.4 Å². The summed E-state index contributed by atoms with van der Waals surface area (Å²) in [5, 5.41) is 20.9. The summed E-state index contributed by atoms with van der Waals surface area (Å²) in [4.78, 5) is 32.9. The van der Waals surface area contributed by atoms with Gasteiger partial charge in [0, 0.05) is 30.2 Å². The SMILES string of the molecule is C=CCN1C(=O)c2ccc(Nc3ncc(-c4nc(-c5ccccn5)no4)c(N[C@H](CO)c4ccccc4)n3)cc2C1(C)C. The molecule has 5 aromatic rings. The van der Waals surface area contributed by atoms with E-state index >= 15 is 0 Å². The van der Waals surface area contributed by atoms with Crippen LogP contribution in [0.3, 0.4) is 0 Å². The molecule has 1 atom stereocenters. The molecule has 1 aliphatic rings. The number of anilines is 3. The molecule has 0 saturated carbocycles. The van der Waals surface area contributed by atoms with Crippen LogP contribution in [0, 0.1) is 0 Å². The van der Waals surface area contributed by atoms with E-state index in [1.807, 2.05) is 74.5 Å². The lowest BCUT2D eigenvalue weighted by atomic mass is 9.93. The van der Waals surface area contributed by atoms with Crippen LogP contribution >= 0.6 is 0 Å². The molecule has 6 rings (SSSR count). The second-order valence-electron chi connectivity index (χ2n) is 10.5. The summed E-state index contributed by atoms with van der Waals surface area (Å²) >= 11 is 0. The van der Waals surface area contributed by atoms with Crippen molar-refractivity contribution in [2.75, 3.05) is 23.8 Å². The number of carbonyl (C=O) groups is 1. The maximum atomic E-state index is 13.0. The average Bonchev–Trinajstić information content (AvgIpc) is 3.59. The largest absolute Gasteiger partial charge is 0.394 e. The first-order chi connectivity index (χ1) is 20.9. The second-order valence-corrected chi connectivity index (χ2v) is 10.5. The van der Waals surface area contributed by atoms with Gasteiger partial charge in [-0.3, -0.25) is 9.78 Å². The van der Waals surface area contributed by atoms with E-state index in [2.05, 4.69) is 37.3 Å². The number of carbonyl (C=O) groups excluding carboxylic acids is 1. The number of hydrogen-bond donors (Lipinski definition) is 3. The van der Waals surface area contributed by atoms with Crippen molar-refractivity contribution in [3.8, 4) is 23.0 Å². The summed E-state index contributed by atoms with van der Waals surface area (Å²) in [5.41, 5.74) is 3.66. The summed E-state index contributed by atoms with van der Waals surface area (Å²) < 4.78 is 5.59. The topological polar surface area (TPSA) is 142 Å². The third-order valence-corrected chi connectivity index (χ3v) is 7.43. The summed E-state index contributed by atoms with van der Waals surface area (Å²) in [6.07, 6.45) is 4.96. The van der Waals surface area contributed by atoms with Crippen LogP contribution in [0.2, 0.25) is 0 Å². The van der Waals surface area contributed by atoms with Gasteiger partial charge in [0.15, 0.2) is 0 Å². The minimum atomic E-state index is -0.511. The predicted octanol–water partition coefficient (Wildman–Crippen LogP) is 5.35. The lowest BCUT2D eigenvalue weighted by Gasteiger charge is -2.31. The monoisotopic (exact) mass is 574 g/mol. The summed E-state index contributed by atoms with van der Waals surface area (Å²) in [6, 6.07) is 20.1. The molecule has 3 aromatic heterocycles. The lowest BCUT2D eigenvalue weighted by molar-refractivity contribution is 0.0652. The maximum Gasteiger partial charge on any atom is 0.263 e. The highest BCUT2D eigenvalue weighted by atomic mass is 16.5. The van der Waals surface area contributed by atoms with Gasteiger partial charge in [0.25, 0.3) is 11.8 Å². The van der Waals surface area contributed by atoms with Gasteiger partial charge in [0.05, 0.1) is 18.2 Å². The zero-order valence-electron chi connectivity index (χ0n) is 23.7. The second kappa shape index (κ2) is 11.5. The molecule has 0 bridgehead atoms. The molecule has 11 nitrogen and oxygen atoms in total. The van der Waals surface area contributed by atoms with Crippen LogP contribution in [0.25, 0.3) is 23.0 Å². The van der Waals surface area contributed by atoms with Crippen LogP contribution in [0.5, 0.6) is 0 Å². The molecule has 4 heterocycles. The van der Waals surface area contributed by atoms with Crippen LogP contribution in [-0.2, 0) is 5.54 Å². The highest BCUT2D eigenvalue weighted by Gasteiger charge is 2.42. The minimum Gasteiger partial charge on any atom is -0.394 e. The Bertz CT molecular complexity index is 1770. The molecule has 1 amide bonds. The van der Waals surface area contributed by atoms with Gasteiger partial charge < -0.3 is 25.2 Å². The average molecular weight is 575 g/mol. The normalized spacial score (nSPS) is 14.3. The first kappa shape index (κ1) is 27.7. The van der Waals surface area contributed by atoms with Crippen LogP contribution < -0.4 is 10.6 Å². The molecule has 11 heteroatoms. The number of nitrogens with zero attached hydrogens (tertiary/aromatic N) is 6. The molecule has 0 unspecified atom stereocenters. The van der Waals surface area contributed by atoms with Gasteiger partial charge in [-0.25, -0.2) is 4.98 Å². The van der Waals surface area contributed by atoms with E-state index in [-0.39, 0.29) is 18.4 Å². The fourth-order valence-electron chi connectivity index (χ4n) is 5.15. The number of aliphatic hydroxyl groups excluding tert-OH is 1. The van der Waals surface area contributed by atoms with Crippen molar-refractivity contribution in [1.29, 1.82) is 0 Å². The molecular formula is C32H30N8O3. The molecule has 0 saturated heterocycles. The van der Waals surface area contributed by atoms with Gasteiger partial charge in [0.1, 0.15) is 17.1 Å². The highest BCUT2D eigenvalue weighted by molar-refractivity contribution is 6.00. The van der Waals surface area contributed by atoms with Gasteiger partial charge in [0.2, 0.25) is 11.8 Å². The van der Waals surface area contributed by atoms with Gasteiger partial charge in [-0.2, -0.15) is 9.97 Å². The number of benzene rings is 2. The molecule has 43 heavy (non-hydrogen) atoms. The molecule has 0 aliphatic carbocycles. The molecule has 0 radical (unpaired) electrons. The van der Waals surface area contributed by atoms with Crippen LogP contribution in [0.1, 0.15) is 41.4 Å². The Balaban J connectivity index is 1.35. The third-order valence-electron chi connectivity index (χ3n) is 7.43. The Morgan fingerprint density at radius 1 is 1.05 bits per heavy atom. The zero-order valence-corrected chi connectivity index (χ0v) is 23.7. The number of aliphatic hydroxyl groups is 1.